The van der Waals surface area contributed by atoms with Crippen molar-refractivity contribution in [1.29, 1.82) is 0 Å². The van der Waals surface area contributed by atoms with Crippen LogP contribution in [0.1, 0.15) is 27.2 Å². The van der Waals surface area contributed by atoms with Crippen molar-refractivity contribution >= 4 is 0 Å². The van der Waals surface area contributed by atoms with Gasteiger partial charge >= 0.3 is 0 Å². The molecule has 0 aliphatic carbocycles. The van der Waals surface area contributed by atoms with E-state index in [0.717, 1.165) is 0 Å². The Morgan fingerprint density at radius 1 is 1.56 bits per heavy atom. The summed E-state index contributed by atoms with van der Waals surface area (Å²) in [5.41, 5.74) is -0.193. The van der Waals surface area contributed by atoms with Crippen LogP contribution in [0.5, 0.6) is 0 Å². The normalized spacial score (nSPS) is 15.7. The zero-order chi connectivity index (χ0) is 7.49. The molecule has 1 unspecified atom stereocenters. The van der Waals surface area contributed by atoms with Crippen molar-refractivity contribution in [3.05, 3.63) is 0 Å². The lowest BCUT2D eigenvalue weighted by molar-refractivity contribution is -0.419. The lowest BCUT2D eigenvalue weighted by Crippen LogP contribution is -2.30. The molecule has 0 amide bonds. The zero-order valence-corrected chi connectivity index (χ0v) is 6.35. The maximum absolute atomic E-state index is 10.6. The molecule has 0 aromatic heterocycles. The molecule has 1 N–H and O–H groups in total. The SMILES string of the molecule is CC([O-])CC(C)(C)CO. The van der Waals surface area contributed by atoms with Crippen molar-refractivity contribution in [2.24, 2.45) is 5.41 Å². The Labute approximate surface area is 56.5 Å². The minimum atomic E-state index is -0.563. The fourth-order valence-corrected chi connectivity index (χ4v) is 0.843. The fourth-order valence-electron chi connectivity index (χ4n) is 0.843. The molecule has 0 radical (unpaired) electrons. The van der Waals surface area contributed by atoms with Crippen molar-refractivity contribution < 1.29 is 10.2 Å². The van der Waals surface area contributed by atoms with Crippen molar-refractivity contribution in [2.75, 3.05) is 6.61 Å². The molecule has 0 spiro atoms. The van der Waals surface area contributed by atoms with E-state index in [2.05, 4.69) is 0 Å². The predicted octanol–water partition coefficient (Wildman–Crippen LogP) is 0.144. The molecule has 0 bridgehead atoms. The van der Waals surface area contributed by atoms with Crippen LogP contribution < -0.4 is 5.11 Å². The molecule has 0 heterocycles. The third-order valence-corrected chi connectivity index (χ3v) is 1.27. The number of aliphatic hydroxyl groups is 1. The summed E-state index contributed by atoms with van der Waals surface area (Å²) in [5, 5.41) is 19.3. The summed E-state index contributed by atoms with van der Waals surface area (Å²) >= 11 is 0. The maximum Gasteiger partial charge on any atom is 0.0481 e. The molecule has 0 aliphatic rings. The molecule has 9 heavy (non-hydrogen) atoms. The summed E-state index contributed by atoms with van der Waals surface area (Å²) in [6.07, 6.45) is -0.0177. The van der Waals surface area contributed by atoms with Gasteiger partial charge in [-0.2, -0.15) is 0 Å². The molecule has 1 atom stereocenters. The fraction of sp³-hybridized carbons (Fsp3) is 1.00. The molecule has 2 heteroatoms. The summed E-state index contributed by atoms with van der Waals surface area (Å²) in [4.78, 5) is 0. The van der Waals surface area contributed by atoms with Gasteiger partial charge in [0, 0.05) is 6.61 Å². The number of hydrogen-bond acceptors (Lipinski definition) is 2. The van der Waals surface area contributed by atoms with Gasteiger partial charge in [-0.3, -0.25) is 0 Å². The summed E-state index contributed by atoms with van der Waals surface area (Å²) in [6, 6.07) is 0. The van der Waals surface area contributed by atoms with Crippen LogP contribution in [0, 0.1) is 5.41 Å². The highest BCUT2D eigenvalue weighted by molar-refractivity contribution is 4.68. The van der Waals surface area contributed by atoms with E-state index in [1.807, 2.05) is 13.8 Å². The number of hydrogen-bond donors (Lipinski definition) is 1. The Hall–Kier alpha value is -0.0800. The van der Waals surface area contributed by atoms with E-state index in [-0.39, 0.29) is 12.0 Å². The minimum Gasteiger partial charge on any atom is -0.852 e. The molecule has 0 aromatic carbocycles. The largest absolute Gasteiger partial charge is 0.852 e. The highest BCUT2D eigenvalue weighted by atomic mass is 16.3. The van der Waals surface area contributed by atoms with Gasteiger partial charge < -0.3 is 10.2 Å². The van der Waals surface area contributed by atoms with E-state index < -0.39 is 6.10 Å². The molecule has 0 aliphatic heterocycles. The van der Waals surface area contributed by atoms with Crippen molar-refractivity contribution in [3.8, 4) is 0 Å². The second-order valence-corrected chi connectivity index (χ2v) is 3.34. The first-order valence-electron chi connectivity index (χ1n) is 3.24. The lowest BCUT2D eigenvalue weighted by Gasteiger charge is -2.28. The highest BCUT2D eigenvalue weighted by Gasteiger charge is 2.14. The first-order chi connectivity index (χ1) is 3.98. The molecular weight excluding hydrogens is 116 g/mol. The van der Waals surface area contributed by atoms with Gasteiger partial charge in [0.15, 0.2) is 0 Å². The molecular formula is C7H15O2-. The Bertz CT molecular complexity index is 77.0. The standard InChI is InChI=1S/C7H15O2/c1-6(9)4-7(2,3)5-8/h6,8H,4-5H2,1-3H3/q-1. The molecule has 0 fully saturated rings. The zero-order valence-electron chi connectivity index (χ0n) is 6.35. The van der Waals surface area contributed by atoms with Gasteiger partial charge in [-0.1, -0.05) is 27.2 Å². The van der Waals surface area contributed by atoms with Crippen LogP contribution in [-0.2, 0) is 0 Å². The van der Waals surface area contributed by atoms with E-state index in [9.17, 15) is 5.11 Å². The van der Waals surface area contributed by atoms with Crippen LogP contribution in [0.3, 0.4) is 0 Å². The average Bonchev–Trinajstić information content (AvgIpc) is 1.63. The van der Waals surface area contributed by atoms with Crippen LogP contribution in [-0.4, -0.2) is 17.8 Å². The predicted molar refractivity (Wildman–Crippen MR) is 34.9 cm³/mol. The van der Waals surface area contributed by atoms with E-state index in [0.29, 0.717) is 6.42 Å². The Balaban J connectivity index is 3.58. The highest BCUT2D eigenvalue weighted by Crippen LogP contribution is 2.19. The van der Waals surface area contributed by atoms with Crippen LogP contribution in [0.4, 0.5) is 0 Å². The second kappa shape index (κ2) is 3.18. The summed E-state index contributed by atoms with van der Waals surface area (Å²) in [6.45, 7) is 5.50. The smallest absolute Gasteiger partial charge is 0.0481 e. The topological polar surface area (TPSA) is 43.3 Å². The molecule has 0 rings (SSSR count). The van der Waals surface area contributed by atoms with Crippen molar-refractivity contribution in [2.45, 2.75) is 33.3 Å². The van der Waals surface area contributed by atoms with Gasteiger partial charge in [-0.25, -0.2) is 0 Å². The maximum atomic E-state index is 10.6. The van der Waals surface area contributed by atoms with Gasteiger partial charge in [0.1, 0.15) is 0 Å². The van der Waals surface area contributed by atoms with Crippen molar-refractivity contribution in [1.82, 2.24) is 0 Å². The van der Waals surface area contributed by atoms with E-state index in [1.54, 1.807) is 6.92 Å². The van der Waals surface area contributed by atoms with E-state index >= 15 is 0 Å². The number of aliphatic hydroxyl groups excluding tert-OH is 1. The first kappa shape index (κ1) is 8.92. The molecule has 0 saturated heterocycles. The average molecular weight is 131 g/mol. The third-order valence-electron chi connectivity index (χ3n) is 1.27. The van der Waals surface area contributed by atoms with Crippen LogP contribution in [0.25, 0.3) is 0 Å². The van der Waals surface area contributed by atoms with Gasteiger partial charge in [0.25, 0.3) is 0 Å². The monoisotopic (exact) mass is 131 g/mol. The lowest BCUT2D eigenvalue weighted by atomic mass is 9.88. The second-order valence-electron chi connectivity index (χ2n) is 3.34. The van der Waals surface area contributed by atoms with Crippen LogP contribution in [0.15, 0.2) is 0 Å². The first-order valence-corrected chi connectivity index (χ1v) is 3.24. The third kappa shape index (κ3) is 4.43. The van der Waals surface area contributed by atoms with Gasteiger partial charge in [0.2, 0.25) is 0 Å². The van der Waals surface area contributed by atoms with E-state index in [1.165, 1.54) is 0 Å². The molecule has 0 aromatic rings. The molecule has 2 nitrogen and oxygen atoms in total. The summed E-state index contributed by atoms with van der Waals surface area (Å²) in [5.74, 6) is 0. The van der Waals surface area contributed by atoms with Crippen LogP contribution in [0.2, 0.25) is 0 Å². The molecule has 56 valence electrons. The molecule has 0 saturated carbocycles. The Kier molecular flexibility index (Phi) is 3.15. The quantitative estimate of drug-likeness (QED) is 0.592. The Morgan fingerprint density at radius 2 is 2.00 bits per heavy atom. The number of rotatable bonds is 3. The van der Waals surface area contributed by atoms with Crippen LogP contribution >= 0.6 is 0 Å². The summed E-state index contributed by atoms with van der Waals surface area (Å²) < 4.78 is 0. The van der Waals surface area contributed by atoms with Crippen molar-refractivity contribution in [3.63, 3.8) is 0 Å². The van der Waals surface area contributed by atoms with Gasteiger partial charge in [-0.15, -0.1) is 6.10 Å². The minimum absolute atomic E-state index is 0.0968. The van der Waals surface area contributed by atoms with E-state index in [4.69, 9.17) is 5.11 Å². The summed E-state index contributed by atoms with van der Waals surface area (Å²) in [7, 11) is 0. The van der Waals surface area contributed by atoms with Gasteiger partial charge in [0.05, 0.1) is 0 Å². The van der Waals surface area contributed by atoms with Gasteiger partial charge in [-0.05, 0) is 5.41 Å². The Morgan fingerprint density at radius 3 is 2.11 bits per heavy atom.